The number of hydrogen-bond acceptors (Lipinski definition) is 2. The van der Waals surface area contributed by atoms with E-state index in [4.69, 9.17) is 4.74 Å². The first-order valence-corrected chi connectivity index (χ1v) is 13.6. The summed E-state index contributed by atoms with van der Waals surface area (Å²) >= 11 is 0. The van der Waals surface area contributed by atoms with E-state index in [0.29, 0.717) is 11.3 Å². The third-order valence-corrected chi connectivity index (χ3v) is 6.48. The lowest BCUT2D eigenvalue weighted by atomic mass is 10.1. The zero-order valence-electron chi connectivity index (χ0n) is 17.0. The Morgan fingerprint density at radius 3 is 2.37 bits per heavy atom. The van der Waals surface area contributed by atoms with Gasteiger partial charge in [-0.05, 0) is 55.0 Å². The van der Waals surface area contributed by atoms with Gasteiger partial charge in [-0.25, -0.2) is 4.79 Å². The molecule has 0 radical (unpaired) electrons. The predicted molar refractivity (Wildman–Crippen MR) is 117 cm³/mol. The van der Waals surface area contributed by atoms with Crippen molar-refractivity contribution in [2.45, 2.75) is 57.8 Å². The summed E-state index contributed by atoms with van der Waals surface area (Å²) < 4.78 is 5.70. The Morgan fingerprint density at radius 1 is 1.00 bits per heavy atom. The number of para-hydroxylation sites is 1. The van der Waals surface area contributed by atoms with Gasteiger partial charge in [-0.2, -0.15) is 0 Å². The fraction of sp³-hybridized carbons (Fsp3) is 0.375. The summed E-state index contributed by atoms with van der Waals surface area (Å²) in [5.74, 6) is 0.394. The van der Waals surface area contributed by atoms with Crippen molar-refractivity contribution in [3.05, 3.63) is 77.9 Å². The van der Waals surface area contributed by atoms with E-state index in [1.165, 1.54) is 18.0 Å². The van der Waals surface area contributed by atoms with Crippen LogP contribution in [-0.2, 0) is 12.8 Å². The Bertz CT molecular complexity index is 742. The number of allylic oxidation sites excluding steroid dienone is 1. The fourth-order valence-electron chi connectivity index (χ4n) is 3.02. The highest BCUT2D eigenvalue weighted by Gasteiger charge is 2.14. The third-order valence-electron chi connectivity index (χ3n) is 4.62. The topological polar surface area (TPSA) is 26.3 Å². The molecule has 0 amide bonds. The molecular weight excluding hydrogens is 348 g/mol. The number of benzene rings is 2. The summed E-state index contributed by atoms with van der Waals surface area (Å²) in [5.41, 5.74) is 2.91. The van der Waals surface area contributed by atoms with E-state index < -0.39 is 8.07 Å². The first-order valence-electron chi connectivity index (χ1n) is 9.89. The molecule has 2 nitrogen and oxygen atoms in total. The second-order valence-electron chi connectivity index (χ2n) is 8.29. The maximum Gasteiger partial charge on any atom is 0.343 e. The molecule has 2 aromatic rings. The van der Waals surface area contributed by atoms with Gasteiger partial charge >= 0.3 is 5.97 Å². The van der Waals surface area contributed by atoms with E-state index in [1.807, 2.05) is 48.5 Å². The molecule has 0 saturated heterocycles. The second-order valence-corrected chi connectivity index (χ2v) is 13.9. The van der Waals surface area contributed by atoms with Crippen LogP contribution in [0.1, 0.15) is 40.7 Å². The number of hydrogen-bond donors (Lipinski definition) is 0. The van der Waals surface area contributed by atoms with Crippen LogP contribution in [0.4, 0.5) is 0 Å². The quantitative estimate of drug-likeness (QED) is 0.151. The molecule has 0 aliphatic rings. The minimum absolute atomic E-state index is 0.292. The summed E-state index contributed by atoms with van der Waals surface area (Å²) in [4.78, 5) is 12.5. The molecule has 0 saturated carbocycles. The van der Waals surface area contributed by atoms with Crippen molar-refractivity contribution in [1.29, 1.82) is 0 Å². The van der Waals surface area contributed by atoms with Crippen molar-refractivity contribution in [3.8, 4) is 5.75 Å². The Hall–Kier alpha value is -2.13. The van der Waals surface area contributed by atoms with Crippen LogP contribution in [-0.4, -0.2) is 14.0 Å². The van der Waals surface area contributed by atoms with E-state index >= 15 is 0 Å². The van der Waals surface area contributed by atoms with Crippen LogP contribution in [0, 0.1) is 0 Å². The fourth-order valence-corrected chi connectivity index (χ4v) is 4.33. The van der Waals surface area contributed by atoms with Crippen LogP contribution < -0.4 is 4.74 Å². The molecule has 0 aliphatic carbocycles. The average molecular weight is 381 g/mol. The standard InChI is InChI=1S/C24H32O2Si/c1-5-6-11-20-15-17-22(18-16-20)24(25)26-23-14-8-7-12-21(23)13-9-10-19-27(2,3)4/h5,7-8,12,14-18H,1,6,9-11,13,19H2,2-4H3. The molecule has 0 atom stereocenters. The van der Waals surface area contributed by atoms with Crippen molar-refractivity contribution in [2.75, 3.05) is 0 Å². The number of carbonyl (C=O) groups is 1. The number of unbranched alkanes of at least 4 members (excludes halogenated alkanes) is 1. The van der Waals surface area contributed by atoms with Gasteiger partial charge in [0.2, 0.25) is 0 Å². The highest BCUT2D eigenvalue weighted by Crippen LogP contribution is 2.23. The summed E-state index contributed by atoms with van der Waals surface area (Å²) in [6.45, 7) is 11.0. The molecule has 0 fully saturated rings. The van der Waals surface area contributed by atoms with Gasteiger partial charge in [-0.15, -0.1) is 6.58 Å². The smallest absolute Gasteiger partial charge is 0.343 e. The molecule has 0 spiro atoms. The van der Waals surface area contributed by atoms with Crippen molar-refractivity contribution >= 4 is 14.0 Å². The van der Waals surface area contributed by atoms with Crippen molar-refractivity contribution in [1.82, 2.24) is 0 Å². The van der Waals surface area contributed by atoms with E-state index in [2.05, 4.69) is 32.3 Å². The van der Waals surface area contributed by atoms with Gasteiger partial charge in [0, 0.05) is 8.07 Å². The maximum atomic E-state index is 12.5. The third kappa shape index (κ3) is 7.55. The minimum Gasteiger partial charge on any atom is -0.423 e. The maximum absolute atomic E-state index is 12.5. The molecule has 0 aliphatic heterocycles. The summed E-state index contributed by atoms with van der Waals surface area (Å²) in [6, 6.07) is 16.9. The van der Waals surface area contributed by atoms with Gasteiger partial charge in [-0.3, -0.25) is 0 Å². The monoisotopic (exact) mass is 380 g/mol. The van der Waals surface area contributed by atoms with Crippen LogP contribution >= 0.6 is 0 Å². The SMILES string of the molecule is C=CCCc1ccc(C(=O)Oc2ccccc2CCCC[Si](C)(C)C)cc1. The summed E-state index contributed by atoms with van der Waals surface area (Å²) in [6.07, 6.45) is 7.12. The molecular formula is C24H32O2Si. The van der Waals surface area contributed by atoms with Crippen LogP contribution in [0.15, 0.2) is 61.2 Å². The number of rotatable bonds is 10. The first kappa shape index (κ1) is 21.2. The molecule has 0 N–H and O–H groups in total. The molecule has 0 bridgehead atoms. The van der Waals surface area contributed by atoms with Crippen LogP contribution in [0.5, 0.6) is 5.75 Å². The van der Waals surface area contributed by atoms with Gasteiger partial charge in [-0.1, -0.05) is 68.5 Å². The van der Waals surface area contributed by atoms with Gasteiger partial charge in [0.15, 0.2) is 0 Å². The number of esters is 1. The Labute approximate surface area is 165 Å². The highest BCUT2D eigenvalue weighted by atomic mass is 28.3. The largest absolute Gasteiger partial charge is 0.423 e. The predicted octanol–water partition coefficient (Wildman–Crippen LogP) is 6.69. The van der Waals surface area contributed by atoms with Gasteiger partial charge in [0.25, 0.3) is 0 Å². The van der Waals surface area contributed by atoms with E-state index in [0.717, 1.165) is 31.2 Å². The zero-order chi connectivity index (χ0) is 19.7. The van der Waals surface area contributed by atoms with Crippen LogP contribution in [0.25, 0.3) is 0 Å². The summed E-state index contributed by atoms with van der Waals surface area (Å²) in [7, 11) is -0.983. The van der Waals surface area contributed by atoms with Crippen LogP contribution in [0.2, 0.25) is 25.7 Å². The Kier molecular flexibility index (Phi) is 8.05. The second kappa shape index (κ2) is 10.3. The Balaban J connectivity index is 1.96. The molecule has 2 aromatic carbocycles. The molecule has 2 rings (SSSR count). The van der Waals surface area contributed by atoms with Gasteiger partial charge < -0.3 is 4.74 Å². The Morgan fingerprint density at radius 2 is 1.70 bits per heavy atom. The van der Waals surface area contributed by atoms with Crippen molar-refractivity contribution in [2.24, 2.45) is 0 Å². The number of ether oxygens (including phenoxy) is 1. The number of aryl methyl sites for hydroxylation is 2. The minimum atomic E-state index is -0.983. The van der Waals surface area contributed by atoms with Crippen molar-refractivity contribution < 1.29 is 9.53 Å². The molecule has 0 aromatic heterocycles. The molecule has 0 heterocycles. The van der Waals surface area contributed by atoms with Gasteiger partial charge in [0.05, 0.1) is 5.56 Å². The molecule has 27 heavy (non-hydrogen) atoms. The van der Waals surface area contributed by atoms with E-state index in [1.54, 1.807) is 0 Å². The number of carbonyl (C=O) groups excluding carboxylic acids is 1. The lowest BCUT2D eigenvalue weighted by molar-refractivity contribution is 0.0733. The average Bonchev–Trinajstić information content (AvgIpc) is 2.64. The zero-order valence-corrected chi connectivity index (χ0v) is 18.0. The summed E-state index contributed by atoms with van der Waals surface area (Å²) in [5, 5.41) is 0. The first-order chi connectivity index (χ1) is 12.9. The normalized spacial score (nSPS) is 11.2. The highest BCUT2D eigenvalue weighted by molar-refractivity contribution is 6.76. The van der Waals surface area contributed by atoms with Gasteiger partial charge in [0.1, 0.15) is 5.75 Å². The lowest BCUT2D eigenvalue weighted by Crippen LogP contribution is -2.18. The van der Waals surface area contributed by atoms with Crippen molar-refractivity contribution in [3.63, 3.8) is 0 Å². The molecule has 144 valence electrons. The molecule has 0 unspecified atom stereocenters. The molecule has 3 heteroatoms. The lowest BCUT2D eigenvalue weighted by Gasteiger charge is -2.15. The van der Waals surface area contributed by atoms with E-state index in [-0.39, 0.29) is 5.97 Å². The van der Waals surface area contributed by atoms with Crippen LogP contribution in [0.3, 0.4) is 0 Å². The van der Waals surface area contributed by atoms with E-state index in [9.17, 15) is 4.79 Å².